The predicted octanol–water partition coefficient (Wildman–Crippen LogP) is 4.91. The minimum atomic E-state index is -3.51. The first kappa shape index (κ1) is 22.8. The fraction of sp³-hybridized carbons (Fsp3) is 0.409. The van der Waals surface area contributed by atoms with Gasteiger partial charge in [-0.3, -0.25) is 4.79 Å². The van der Waals surface area contributed by atoms with Crippen molar-refractivity contribution in [2.45, 2.75) is 44.6 Å². The third-order valence-electron chi connectivity index (χ3n) is 5.04. The second-order valence-corrected chi connectivity index (χ2v) is 10.7. The van der Waals surface area contributed by atoms with Crippen molar-refractivity contribution in [1.82, 2.24) is 4.31 Å². The monoisotopic (exact) mass is 494 g/mol. The standard InChI is InChI=1S/C22H27BrN2O4S/c1-15(2)29-21-9-4-17(23)14-20(21)22(26)24-18-5-7-19(8-6-18)30(27,28)25-12-10-16(3)11-13-25/h4-9,14-16H,10-13H2,1-3H3,(H,24,26). The van der Waals surface area contributed by atoms with E-state index in [-0.39, 0.29) is 16.9 Å². The van der Waals surface area contributed by atoms with E-state index in [1.54, 1.807) is 24.3 Å². The van der Waals surface area contributed by atoms with Crippen LogP contribution in [0.5, 0.6) is 5.75 Å². The van der Waals surface area contributed by atoms with E-state index in [2.05, 4.69) is 28.2 Å². The van der Waals surface area contributed by atoms with Crippen LogP contribution in [0.4, 0.5) is 5.69 Å². The van der Waals surface area contributed by atoms with E-state index < -0.39 is 10.0 Å². The Bertz CT molecular complexity index is 998. The summed E-state index contributed by atoms with van der Waals surface area (Å²) in [6.07, 6.45) is 1.68. The zero-order valence-electron chi connectivity index (χ0n) is 17.4. The number of amides is 1. The largest absolute Gasteiger partial charge is 0.490 e. The number of piperidine rings is 1. The van der Waals surface area contributed by atoms with Crippen molar-refractivity contribution in [1.29, 1.82) is 0 Å². The Morgan fingerprint density at radius 1 is 1.13 bits per heavy atom. The number of hydrogen-bond acceptors (Lipinski definition) is 4. The van der Waals surface area contributed by atoms with Gasteiger partial charge in [0.15, 0.2) is 0 Å². The number of carbonyl (C=O) groups excluding carboxylic acids is 1. The molecule has 1 N–H and O–H groups in total. The van der Waals surface area contributed by atoms with Crippen molar-refractivity contribution in [3.05, 3.63) is 52.5 Å². The zero-order valence-corrected chi connectivity index (χ0v) is 19.8. The lowest BCUT2D eigenvalue weighted by Gasteiger charge is -2.29. The number of carbonyl (C=O) groups is 1. The van der Waals surface area contributed by atoms with Crippen LogP contribution < -0.4 is 10.1 Å². The molecule has 0 atom stereocenters. The molecule has 1 amide bonds. The summed E-state index contributed by atoms with van der Waals surface area (Å²) in [6, 6.07) is 11.5. The topological polar surface area (TPSA) is 75.7 Å². The molecule has 1 heterocycles. The van der Waals surface area contributed by atoms with Crippen molar-refractivity contribution < 1.29 is 17.9 Å². The summed E-state index contributed by atoms with van der Waals surface area (Å²) in [7, 11) is -3.51. The molecule has 8 heteroatoms. The number of ether oxygens (including phenoxy) is 1. The van der Waals surface area contributed by atoms with Gasteiger partial charge in [0.05, 0.1) is 16.6 Å². The normalized spacial score (nSPS) is 15.9. The highest BCUT2D eigenvalue weighted by Crippen LogP contribution is 2.27. The predicted molar refractivity (Wildman–Crippen MR) is 121 cm³/mol. The van der Waals surface area contributed by atoms with Gasteiger partial charge in [0, 0.05) is 23.2 Å². The highest BCUT2D eigenvalue weighted by Gasteiger charge is 2.28. The number of nitrogens with one attached hydrogen (secondary N) is 1. The number of rotatable bonds is 6. The van der Waals surface area contributed by atoms with Crippen LogP contribution in [0.2, 0.25) is 0 Å². The Hall–Kier alpha value is -1.90. The third kappa shape index (κ3) is 5.42. The molecule has 0 unspecified atom stereocenters. The number of anilines is 1. The average molecular weight is 495 g/mol. The van der Waals surface area contributed by atoms with Crippen molar-refractivity contribution >= 4 is 37.5 Å². The number of halogens is 1. The van der Waals surface area contributed by atoms with Gasteiger partial charge in [-0.15, -0.1) is 0 Å². The van der Waals surface area contributed by atoms with Crippen LogP contribution in [0.25, 0.3) is 0 Å². The molecule has 0 saturated carbocycles. The summed E-state index contributed by atoms with van der Waals surface area (Å²) in [5.41, 5.74) is 0.916. The van der Waals surface area contributed by atoms with Crippen molar-refractivity contribution in [2.24, 2.45) is 5.92 Å². The maximum atomic E-state index is 12.9. The zero-order chi connectivity index (χ0) is 21.9. The molecule has 1 aliphatic heterocycles. The lowest BCUT2D eigenvalue weighted by atomic mass is 10.0. The van der Waals surface area contributed by atoms with Gasteiger partial charge in [0.25, 0.3) is 5.91 Å². The molecule has 0 aliphatic carbocycles. The number of hydrogen-bond donors (Lipinski definition) is 1. The first-order chi connectivity index (χ1) is 14.2. The van der Waals surface area contributed by atoms with Crippen LogP contribution >= 0.6 is 15.9 Å². The van der Waals surface area contributed by atoms with Gasteiger partial charge in [-0.25, -0.2) is 8.42 Å². The molecule has 6 nitrogen and oxygen atoms in total. The minimum Gasteiger partial charge on any atom is -0.490 e. The third-order valence-corrected chi connectivity index (χ3v) is 7.45. The van der Waals surface area contributed by atoms with E-state index in [0.29, 0.717) is 36.0 Å². The Balaban J connectivity index is 1.75. The molecule has 0 bridgehead atoms. The van der Waals surface area contributed by atoms with E-state index >= 15 is 0 Å². The van der Waals surface area contributed by atoms with E-state index in [9.17, 15) is 13.2 Å². The van der Waals surface area contributed by atoms with Gasteiger partial charge in [-0.1, -0.05) is 22.9 Å². The van der Waals surface area contributed by atoms with Gasteiger partial charge < -0.3 is 10.1 Å². The molecule has 30 heavy (non-hydrogen) atoms. The summed E-state index contributed by atoms with van der Waals surface area (Å²) in [5, 5.41) is 2.81. The van der Waals surface area contributed by atoms with Crippen LogP contribution in [0, 0.1) is 5.92 Å². The molecule has 1 saturated heterocycles. The van der Waals surface area contributed by atoms with Gasteiger partial charge in [-0.2, -0.15) is 4.31 Å². The van der Waals surface area contributed by atoms with E-state index in [1.807, 2.05) is 19.9 Å². The van der Waals surface area contributed by atoms with Crippen molar-refractivity contribution in [3.63, 3.8) is 0 Å². The average Bonchev–Trinajstić information content (AvgIpc) is 2.69. The van der Waals surface area contributed by atoms with Gasteiger partial charge in [-0.05, 0) is 75.1 Å². The highest BCUT2D eigenvalue weighted by molar-refractivity contribution is 9.10. The van der Waals surface area contributed by atoms with Gasteiger partial charge in [0.2, 0.25) is 10.0 Å². The number of benzene rings is 2. The lowest BCUT2D eigenvalue weighted by molar-refractivity contribution is 0.102. The quantitative estimate of drug-likeness (QED) is 0.618. The molecule has 162 valence electrons. The maximum Gasteiger partial charge on any atom is 0.259 e. The molecule has 0 aromatic heterocycles. The summed E-state index contributed by atoms with van der Waals surface area (Å²) < 4.78 is 33.7. The fourth-order valence-electron chi connectivity index (χ4n) is 3.32. The summed E-state index contributed by atoms with van der Waals surface area (Å²) >= 11 is 3.38. The summed E-state index contributed by atoms with van der Waals surface area (Å²) in [4.78, 5) is 13.0. The molecule has 1 aliphatic rings. The second-order valence-electron chi connectivity index (χ2n) is 7.87. The van der Waals surface area contributed by atoms with E-state index in [0.717, 1.165) is 17.3 Å². The summed E-state index contributed by atoms with van der Waals surface area (Å²) in [5.74, 6) is 0.716. The molecule has 3 rings (SSSR count). The van der Waals surface area contributed by atoms with Crippen LogP contribution in [-0.2, 0) is 10.0 Å². The molecule has 0 spiro atoms. The molecule has 2 aromatic rings. The van der Waals surface area contributed by atoms with Crippen LogP contribution in [0.1, 0.15) is 44.0 Å². The van der Waals surface area contributed by atoms with Gasteiger partial charge >= 0.3 is 0 Å². The molecule has 1 fully saturated rings. The smallest absolute Gasteiger partial charge is 0.259 e. The molecular weight excluding hydrogens is 468 g/mol. The Labute approximate surface area is 186 Å². The van der Waals surface area contributed by atoms with Crippen LogP contribution in [0.3, 0.4) is 0 Å². The first-order valence-corrected chi connectivity index (χ1v) is 12.3. The lowest BCUT2D eigenvalue weighted by Crippen LogP contribution is -2.37. The Kier molecular flexibility index (Phi) is 7.21. The van der Waals surface area contributed by atoms with Crippen molar-refractivity contribution in [2.75, 3.05) is 18.4 Å². The Morgan fingerprint density at radius 2 is 1.77 bits per heavy atom. The SMILES string of the molecule is CC1CCN(S(=O)(=O)c2ccc(NC(=O)c3cc(Br)ccc3OC(C)C)cc2)CC1. The van der Waals surface area contributed by atoms with E-state index in [1.165, 1.54) is 16.4 Å². The van der Waals surface area contributed by atoms with Crippen LogP contribution in [-0.4, -0.2) is 37.8 Å². The molecular formula is C22H27BrN2O4S. The number of nitrogens with zero attached hydrogens (tertiary/aromatic N) is 1. The Morgan fingerprint density at radius 3 is 2.37 bits per heavy atom. The maximum absolute atomic E-state index is 12.9. The second kappa shape index (κ2) is 9.49. The van der Waals surface area contributed by atoms with E-state index in [4.69, 9.17) is 4.74 Å². The molecule has 0 radical (unpaired) electrons. The minimum absolute atomic E-state index is 0.0695. The fourth-order valence-corrected chi connectivity index (χ4v) is 5.15. The highest BCUT2D eigenvalue weighted by atomic mass is 79.9. The number of sulfonamides is 1. The van der Waals surface area contributed by atoms with Gasteiger partial charge in [0.1, 0.15) is 5.75 Å². The summed E-state index contributed by atoms with van der Waals surface area (Å²) in [6.45, 7) is 7.02. The molecule has 2 aromatic carbocycles. The van der Waals surface area contributed by atoms with Crippen molar-refractivity contribution in [3.8, 4) is 5.75 Å². The first-order valence-electron chi connectivity index (χ1n) is 10.0. The van der Waals surface area contributed by atoms with Crippen LogP contribution in [0.15, 0.2) is 51.8 Å².